The third-order valence-electron chi connectivity index (χ3n) is 5.93. The third kappa shape index (κ3) is 3.75. The predicted molar refractivity (Wildman–Crippen MR) is 116 cm³/mol. The Morgan fingerprint density at radius 1 is 1.23 bits per heavy atom. The Balaban J connectivity index is 1.56. The summed E-state index contributed by atoms with van der Waals surface area (Å²) in [7, 11) is 0. The molecule has 30 heavy (non-hydrogen) atoms. The molecule has 156 valence electrons. The largest absolute Gasteiger partial charge is 0.380 e. The summed E-state index contributed by atoms with van der Waals surface area (Å²) >= 11 is 0. The number of ether oxygens (including phenoxy) is 1. The standard InChI is InChI=1S/C22H26N6O2/c1-22(13-30-14-22)12-28-9-6-15-10-17(26-18-11-23-7-8-24-18)27-20(19(15)21(28)29)25-16-4-2-3-5-16/h6-11,16H,2-5,12-14H2,1H3,(H2,24,25,26,27). The smallest absolute Gasteiger partial charge is 0.262 e. The number of hydrogen-bond donors (Lipinski definition) is 2. The van der Waals surface area contributed by atoms with Crippen LogP contribution < -0.4 is 16.2 Å². The van der Waals surface area contributed by atoms with E-state index in [-0.39, 0.29) is 11.0 Å². The topological polar surface area (TPSA) is 94.0 Å². The van der Waals surface area contributed by atoms with Crippen LogP contribution in [0.3, 0.4) is 0 Å². The molecule has 1 saturated carbocycles. The minimum atomic E-state index is -0.0142. The van der Waals surface area contributed by atoms with Gasteiger partial charge in [0.05, 0.1) is 24.8 Å². The van der Waals surface area contributed by atoms with Gasteiger partial charge in [0, 0.05) is 36.6 Å². The Bertz CT molecular complexity index is 1100. The SMILES string of the molecule is CC1(Cn2ccc3cc(Nc4cnccn4)nc(NC4CCCC4)c3c2=O)COC1. The van der Waals surface area contributed by atoms with Gasteiger partial charge in [0.25, 0.3) is 5.56 Å². The van der Waals surface area contributed by atoms with E-state index in [2.05, 4.69) is 27.5 Å². The van der Waals surface area contributed by atoms with Crippen LogP contribution in [0.4, 0.5) is 17.5 Å². The molecular formula is C22H26N6O2. The van der Waals surface area contributed by atoms with Crippen molar-refractivity contribution in [2.75, 3.05) is 23.8 Å². The Kier molecular flexibility index (Phi) is 4.86. The van der Waals surface area contributed by atoms with E-state index >= 15 is 0 Å². The van der Waals surface area contributed by atoms with Gasteiger partial charge >= 0.3 is 0 Å². The van der Waals surface area contributed by atoms with Crippen molar-refractivity contribution in [2.24, 2.45) is 5.41 Å². The van der Waals surface area contributed by atoms with Gasteiger partial charge in [-0.2, -0.15) is 0 Å². The molecule has 4 heterocycles. The van der Waals surface area contributed by atoms with Gasteiger partial charge in [0.2, 0.25) is 0 Å². The average molecular weight is 406 g/mol. The molecule has 2 N–H and O–H groups in total. The van der Waals surface area contributed by atoms with Crippen LogP contribution in [0.25, 0.3) is 10.8 Å². The molecule has 3 aromatic heterocycles. The third-order valence-corrected chi connectivity index (χ3v) is 5.93. The number of hydrogen-bond acceptors (Lipinski definition) is 7. The predicted octanol–water partition coefficient (Wildman–Crippen LogP) is 3.32. The number of fused-ring (bicyclic) bond motifs is 1. The van der Waals surface area contributed by atoms with Gasteiger partial charge in [-0.25, -0.2) is 9.97 Å². The Hall–Kier alpha value is -3.00. The molecule has 8 heteroatoms. The maximum Gasteiger partial charge on any atom is 0.262 e. The van der Waals surface area contributed by atoms with E-state index in [9.17, 15) is 4.79 Å². The van der Waals surface area contributed by atoms with Crippen molar-refractivity contribution in [1.29, 1.82) is 0 Å². The quantitative estimate of drug-likeness (QED) is 0.648. The van der Waals surface area contributed by atoms with Crippen LogP contribution in [0.15, 0.2) is 41.7 Å². The molecule has 8 nitrogen and oxygen atoms in total. The van der Waals surface area contributed by atoms with Crippen LogP contribution in [0, 0.1) is 5.41 Å². The normalized spacial score (nSPS) is 18.3. The van der Waals surface area contributed by atoms with Gasteiger partial charge in [0.15, 0.2) is 0 Å². The zero-order valence-electron chi connectivity index (χ0n) is 17.1. The lowest BCUT2D eigenvalue weighted by molar-refractivity contribution is -0.110. The van der Waals surface area contributed by atoms with E-state index < -0.39 is 0 Å². The van der Waals surface area contributed by atoms with Gasteiger partial charge in [-0.15, -0.1) is 0 Å². The lowest BCUT2D eigenvalue weighted by Crippen LogP contribution is -2.45. The van der Waals surface area contributed by atoms with Crippen LogP contribution >= 0.6 is 0 Å². The second kappa shape index (κ2) is 7.68. The van der Waals surface area contributed by atoms with Gasteiger partial charge in [0.1, 0.15) is 17.5 Å². The number of nitrogens with one attached hydrogen (secondary N) is 2. The molecule has 0 amide bonds. The van der Waals surface area contributed by atoms with E-state index in [1.54, 1.807) is 23.2 Å². The van der Waals surface area contributed by atoms with E-state index in [0.717, 1.165) is 18.2 Å². The highest BCUT2D eigenvalue weighted by atomic mass is 16.5. The maximum absolute atomic E-state index is 13.4. The average Bonchev–Trinajstić information content (AvgIpc) is 3.22. The molecule has 5 rings (SSSR count). The van der Waals surface area contributed by atoms with Gasteiger partial charge in [-0.1, -0.05) is 19.8 Å². The maximum atomic E-state index is 13.4. The molecular weight excluding hydrogens is 380 g/mol. The van der Waals surface area contributed by atoms with Gasteiger partial charge in [-0.05, 0) is 30.4 Å². The summed E-state index contributed by atoms with van der Waals surface area (Å²) in [6.07, 6.45) is 11.4. The van der Waals surface area contributed by atoms with Crippen LogP contribution in [-0.4, -0.2) is 38.8 Å². The highest BCUT2D eigenvalue weighted by Gasteiger charge is 2.34. The van der Waals surface area contributed by atoms with Crippen molar-refractivity contribution in [3.8, 4) is 0 Å². The lowest BCUT2D eigenvalue weighted by Gasteiger charge is -2.38. The lowest BCUT2D eigenvalue weighted by atomic mass is 9.88. The van der Waals surface area contributed by atoms with Crippen molar-refractivity contribution < 1.29 is 4.74 Å². The molecule has 1 aliphatic carbocycles. The minimum Gasteiger partial charge on any atom is -0.380 e. The summed E-state index contributed by atoms with van der Waals surface area (Å²) in [5.41, 5.74) is -0.00283. The highest BCUT2D eigenvalue weighted by Crippen LogP contribution is 2.30. The van der Waals surface area contributed by atoms with E-state index in [0.29, 0.717) is 48.6 Å². The first-order valence-corrected chi connectivity index (χ1v) is 10.5. The number of anilines is 3. The molecule has 0 bridgehead atoms. The summed E-state index contributed by atoms with van der Waals surface area (Å²) in [4.78, 5) is 26.5. The molecule has 1 aliphatic heterocycles. The first kappa shape index (κ1) is 19.0. The second-order valence-electron chi connectivity index (χ2n) is 8.71. The molecule has 0 atom stereocenters. The fourth-order valence-electron chi connectivity index (χ4n) is 4.31. The summed E-state index contributed by atoms with van der Waals surface area (Å²) in [5, 5.41) is 8.24. The first-order chi connectivity index (χ1) is 14.6. The number of nitrogens with zero attached hydrogens (tertiary/aromatic N) is 4. The highest BCUT2D eigenvalue weighted by molar-refractivity contribution is 5.93. The van der Waals surface area contributed by atoms with E-state index in [4.69, 9.17) is 9.72 Å². The van der Waals surface area contributed by atoms with Crippen molar-refractivity contribution in [3.63, 3.8) is 0 Å². The number of aromatic nitrogens is 4. The van der Waals surface area contributed by atoms with Crippen molar-refractivity contribution in [2.45, 2.75) is 45.2 Å². The van der Waals surface area contributed by atoms with Gasteiger partial charge < -0.3 is 19.9 Å². The molecule has 2 fully saturated rings. The molecule has 1 saturated heterocycles. The second-order valence-corrected chi connectivity index (χ2v) is 8.71. The number of pyridine rings is 2. The Morgan fingerprint density at radius 3 is 2.77 bits per heavy atom. The number of rotatable bonds is 6. The van der Waals surface area contributed by atoms with Crippen LogP contribution in [0.2, 0.25) is 0 Å². The van der Waals surface area contributed by atoms with Crippen molar-refractivity contribution in [1.82, 2.24) is 19.5 Å². The zero-order valence-corrected chi connectivity index (χ0v) is 17.1. The zero-order chi connectivity index (χ0) is 20.6. The molecule has 0 aromatic carbocycles. The molecule has 0 spiro atoms. The molecule has 0 radical (unpaired) electrons. The first-order valence-electron chi connectivity index (χ1n) is 10.5. The van der Waals surface area contributed by atoms with Crippen LogP contribution in [-0.2, 0) is 11.3 Å². The summed E-state index contributed by atoms with van der Waals surface area (Å²) < 4.78 is 7.16. The van der Waals surface area contributed by atoms with Crippen molar-refractivity contribution >= 4 is 28.2 Å². The molecule has 3 aromatic rings. The fraction of sp³-hybridized carbons (Fsp3) is 0.455. The van der Waals surface area contributed by atoms with Gasteiger partial charge in [-0.3, -0.25) is 9.78 Å². The van der Waals surface area contributed by atoms with Crippen LogP contribution in [0.1, 0.15) is 32.6 Å². The summed E-state index contributed by atoms with van der Waals surface area (Å²) in [6.45, 7) is 4.16. The summed E-state index contributed by atoms with van der Waals surface area (Å²) in [6, 6.07) is 4.23. The van der Waals surface area contributed by atoms with Crippen LogP contribution in [0.5, 0.6) is 0 Å². The monoisotopic (exact) mass is 406 g/mol. The van der Waals surface area contributed by atoms with E-state index in [1.807, 2.05) is 18.3 Å². The van der Waals surface area contributed by atoms with Crippen molar-refractivity contribution in [3.05, 3.63) is 47.3 Å². The Morgan fingerprint density at radius 2 is 2.07 bits per heavy atom. The fourth-order valence-corrected chi connectivity index (χ4v) is 4.31. The minimum absolute atomic E-state index is 0.0114. The summed E-state index contributed by atoms with van der Waals surface area (Å²) in [5.74, 6) is 1.89. The Labute approximate surface area is 174 Å². The molecule has 0 unspecified atom stereocenters. The molecule has 2 aliphatic rings. The van der Waals surface area contributed by atoms with E-state index in [1.165, 1.54) is 12.8 Å².